The highest BCUT2D eigenvalue weighted by molar-refractivity contribution is 9.09. The van der Waals surface area contributed by atoms with E-state index in [1.165, 1.54) is 0 Å². The lowest BCUT2D eigenvalue weighted by Gasteiger charge is -2.21. The predicted octanol–water partition coefficient (Wildman–Crippen LogP) is 2.76. The van der Waals surface area contributed by atoms with Gasteiger partial charge in [-0.3, -0.25) is 4.79 Å². The molecule has 1 heterocycles. The molecule has 0 aliphatic carbocycles. The van der Waals surface area contributed by atoms with E-state index in [0.717, 1.165) is 22.3 Å². The Bertz CT molecular complexity index is 431. The monoisotopic (exact) mass is 297 g/mol. The molecule has 1 aliphatic heterocycles. The van der Waals surface area contributed by atoms with Crippen LogP contribution in [-0.4, -0.2) is 23.9 Å². The maximum absolute atomic E-state index is 11.9. The number of anilines is 1. The van der Waals surface area contributed by atoms with Gasteiger partial charge in [-0.05, 0) is 37.6 Å². The van der Waals surface area contributed by atoms with E-state index in [9.17, 15) is 4.79 Å². The van der Waals surface area contributed by atoms with Gasteiger partial charge in [-0.25, -0.2) is 0 Å². The summed E-state index contributed by atoms with van der Waals surface area (Å²) < 4.78 is 5.53. The molecular weight excluding hydrogens is 282 g/mol. The summed E-state index contributed by atoms with van der Waals surface area (Å²) in [5.41, 5.74) is 2.09. The van der Waals surface area contributed by atoms with Crippen molar-refractivity contribution in [2.45, 2.75) is 26.3 Å². The second kappa shape index (κ2) is 5.08. The van der Waals surface area contributed by atoms with Crippen LogP contribution < -0.4 is 9.64 Å². The Morgan fingerprint density at radius 2 is 2.24 bits per heavy atom. The number of rotatable bonds is 4. The third-order valence-electron chi connectivity index (χ3n) is 2.78. The first kappa shape index (κ1) is 12.4. The highest BCUT2D eigenvalue weighted by Gasteiger charge is 2.29. The van der Waals surface area contributed by atoms with Crippen molar-refractivity contribution < 1.29 is 9.53 Å². The second-order valence-electron chi connectivity index (χ2n) is 4.36. The van der Waals surface area contributed by atoms with Crippen molar-refractivity contribution in [1.82, 2.24) is 0 Å². The summed E-state index contributed by atoms with van der Waals surface area (Å²) in [6, 6.07) is 6.08. The first-order valence-corrected chi connectivity index (χ1v) is 6.89. The summed E-state index contributed by atoms with van der Waals surface area (Å²) in [4.78, 5) is 13.7. The van der Waals surface area contributed by atoms with Crippen LogP contribution >= 0.6 is 15.9 Å². The molecule has 4 heteroatoms. The number of carbonyl (C=O) groups excluding carboxylic acids is 1. The molecular formula is C13H16BrNO2. The molecule has 0 aromatic heterocycles. The molecule has 2 rings (SSSR count). The van der Waals surface area contributed by atoms with E-state index < -0.39 is 0 Å². The van der Waals surface area contributed by atoms with Gasteiger partial charge in [0.25, 0.3) is 0 Å². The molecule has 1 amide bonds. The zero-order chi connectivity index (χ0) is 12.4. The molecule has 0 saturated heterocycles. The maximum atomic E-state index is 11.9. The third kappa shape index (κ3) is 2.46. The lowest BCUT2D eigenvalue weighted by Crippen LogP contribution is -2.33. The zero-order valence-electron chi connectivity index (χ0n) is 10.1. The molecule has 1 aromatic carbocycles. The molecule has 0 bridgehead atoms. The Balaban J connectivity index is 2.25. The number of amides is 1. The van der Waals surface area contributed by atoms with E-state index in [1.807, 2.05) is 36.9 Å². The van der Waals surface area contributed by atoms with Crippen molar-refractivity contribution >= 4 is 27.5 Å². The summed E-state index contributed by atoms with van der Waals surface area (Å²) in [5, 5.41) is 0.807. The molecule has 0 spiro atoms. The van der Waals surface area contributed by atoms with Gasteiger partial charge >= 0.3 is 0 Å². The summed E-state index contributed by atoms with van der Waals surface area (Å²) in [5.74, 6) is 1.01. The number of hydrogen-bond donors (Lipinski definition) is 0. The quantitative estimate of drug-likeness (QED) is 0.800. The number of halogens is 1. The smallest absolute Gasteiger partial charge is 0.231 e. The molecule has 0 atom stereocenters. The van der Waals surface area contributed by atoms with E-state index >= 15 is 0 Å². The van der Waals surface area contributed by atoms with Crippen LogP contribution in [0.4, 0.5) is 5.69 Å². The highest BCUT2D eigenvalue weighted by Crippen LogP contribution is 2.33. The third-order valence-corrected chi connectivity index (χ3v) is 3.11. The predicted molar refractivity (Wildman–Crippen MR) is 72.1 cm³/mol. The minimum absolute atomic E-state index is 0.174. The normalized spacial score (nSPS) is 14.4. The van der Waals surface area contributed by atoms with Crippen molar-refractivity contribution in [2.24, 2.45) is 0 Å². The van der Waals surface area contributed by atoms with Gasteiger partial charge in [0.05, 0.1) is 13.0 Å². The van der Waals surface area contributed by atoms with Crippen molar-refractivity contribution in [3.63, 3.8) is 0 Å². The molecule has 0 unspecified atom stereocenters. The second-order valence-corrected chi connectivity index (χ2v) is 5.16. The largest absolute Gasteiger partial charge is 0.493 e. The van der Waals surface area contributed by atoms with Gasteiger partial charge in [0.1, 0.15) is 5.75 Å². The van der Waals surface area contributed by atoms with Crippen LogP contribution in [-0.2, 0) is 11.2 Å². The van der Waals surface area contributed by atoms with Gasteiger partial charge in [0, 0.05) is 17.1 Å². The molecule has 0 saturated carbocycles. The SMILES string of the molecule is CC(C)N1C(=O)Cc2cc(OCCBr)ccc21. The minimum atomic E-state index is 0.174. The highest BCUT2D eigenvalue weighted by atomic mass is 79.9. The van der Waals surface area contributed by atoms with Gasteiger partial charge in [0.2, 0.25) is 5.91 Å². The van der Waals surface area contributed by atoms with Crippen LogP contribution in [0.1, 0.15) is 19.4 Å². The number of nitrogens with zero attached hydrogens (tertiary/aromatic N) is 1. The van der Waals surface area contributed by atoms with Crippen LogP contribution in [0, 0.1) is 0 Å². The Kier molecular flexibility index (Phi) is 3.72. The summed E-state index contributed by atoms with van der Waals surface area (Å²) in [6.07, 6.45) is 0.485. The molecule has 17 heavy (non-hydrogen) atoms. The summed E-state index contributed by atoms with van der Waals surface area (Å²) in [6.45, 7) is 4.70. The molecule has 1 aromatic rings. The molecule has 1 aliphatic rings. The molecule has 0 fully saturated rings. The minimum Gasteiger partial charge on any atom is -0.493 e. The van der Waals surface area contributed by atoms with Gasteiger partial charge in [-0.2, -0.15) is 0 Å². The lowest BCUT2D eigenvalue weighted by atomic mass is 10.1. The van der Waals surface area contributed by atoms with Gasteiger partial charge in [-0.1, -0.05) is 15.9 Å². The standard InChI is InChI=1S/C13H16BrNO2/c1-9(2)15-12-4-3-11(17-6-5-14)7-10(12)8-13(15)16/h3-4,7,9H,5-6,8H2,1-2H3. The molecule has 3 nitrogen and oxygen atoms in total. The Morgan fingerprint density at radius 3 is 2.88 bits per heavy atom. The van der Waals surface area contributed by atoms with Gasteiger partial charge in [0.15, 0.2) is 0 Å². The number of hydrogen-bond acceptors (Lipinski definition) is 2. The van der Waals surface area contributed by atoms with Crippen molar-refractivity contribution in [2.75, 3.05) is 16.8 Å². The fourth-order valence-corrected chi connectivity index (χ4v) is 2.30. The Morgan fingerprint density at radius 1 is 1.47 bits per heavy atom. The van der Waals surface area contributed by atoms with Crippen LogP contribution in [0.5, 0.6) is 5.75 Å². The van der Waals surface area contributed by atoms with Crippen LogP contribution in [0.3, 0.4) is 0 Å². The van der Waals surface area contributed by atoms with E-state index in [2.05, 4.69) is 15.9 Å². The van der Waals surface area contributed by atoms with Crippen molar-refractivity contribution in [1.29, 1.82) is 0 Å². The van der Waals surface area contributed by atoms with Gasteiger partial charge in [-0.15, -0.1) is 0 Å². The van der Waals surface area contributed by atoms with Gasteiger partial charge < -0.3 is 9.64 Å². The van der Waals surface area contributed by atoms with Crippen LogP contribution in [0.15, 0.2) is 18.2 Å². The first-order valence-electron chi connectivity index (χ1n) is 5.77. The Labute approximate surface area is 110 Å². The van der Waals surface area contributed by atoms with E-state index in [-0.39, 0.29) is 11.9 Å². The maximum Gasteiger partial charge on any atom is 0.231 e. The van der Waals surface area contributed by atoms with E-state index in [4.69, 9.17) is 4.74 Å². The lowest BCUT2D eigenvalue weighted by molar-refractivity contribution is -0.117. The topological polar surface area (TPSA) is 29.5 Å². The summed E-state index contributed by atoms with van der Waals surface area (Å²) in [7, 11) is 0. The first-order chi connectivity index (χ1) is 8.13. The number of alkyl halides is 1. The van der Waals surface area contributed by atoms with Crippen molar-refractivity contribution in [3.8, 4) is 5.75 Å². The fourth-order valence-electron chi connectivity index (χ4n) is 2.13. The Hall–Kier alpha value is -1.03. The number of ether oxygens (including phenoxy) is 1. The van der Waals surface area contributed by atoms with Crippen molar-refractivity contribution in [3.05, 3.63) is 23.8 Å². The molecule has 0 radical (unpaired) electrons. The average Bonchev–Trinajstić information content (AvgIpc) is 2.61. The molecule has 0 N–H and O–H groups in total. The summed E-state index contributed by atoms with van der Waals surface area (Å²) >= 11 is 3.32. The average molecular weight is 298 g/mol. The van der Waals surface area contributed by atoms with Crippen LogP contribution in [0.25, 0.3) is 0 Å². The zero-order valence-corrected chi connectivity index (χ0v) is 11.7. The fraction of sp³-hybridized carbons (Fsp3) is 0.462. The number of carbonyl (C=O) groups is 1. The molecule has 92 valence electrons. The van der Waals surface area contributed by atoms with Crippen LogP contribution in [0.2, 0.25) is 0 Å². The number of fused-ring (bicyclic) bond motifs is 1. The van der Waals surface area contributed by atoms with E-state index in [0.29, 0.717) is 13.0 Å². The van der Waals surface area contributed by atoms with E-state index in [1.54, 1.807) is 0 Å². The number of benzene rings is 1.